The number of hydrogen-bond donors (Lipinski definition) is 0. The van der Waals surface area contributed by atoms with Crippen molar-refractivity contribution in [2.24, 2.45) is 7.05 Å². The summed E-state index contributed by atoms with van der Waals surface area (Å²) in [4.78, 5) is 19.7. The van der Waals surface area contributed by atoms with Crippen LogP contribution in [-0.4, -0.2) is 27.7 Å². The van der Waals surface area contributed by atoms with Gasteiger partial charge in [0.2, 0.25) is 5.95 Å². The molecule has 0 aliphatic rings. The molecule has 0 fully saturated rings. The van der Waals surface area contributed by atoms with E-state index in [1.54, 1.807) is 12.1 Å². The van der Waals surface area contributed by atoms with Crippen LogP contribution in [0.3, 0.4) is 0 Å². The minimum absolute atomic E-state index is 0.0326. The maximum Gasteiger partial charge on any atom is 0.461 e. The second kappa shape index (κ2) is 6.00. The molecule has 0 radical (unpaired) electrons. The summed E-state index contributed by atoms with van der Waals surface area (Å²) in [5.41, 5.74) is 0.658. The second-order valence-corrected chi connectivity index (χ2v) is 4.41. The molecule has 2 heterocycles. The van der Waals surface area contributed by atoms with Crippen molar-refractivity contribution in [3.05, 3.63) is 39.6 Å². The van der Waals surface area contributed by atoms with E-state index in [9.17, 15) is 13.6 Å². The third kappa shape index (κ3) is 3.53. The number of rotatable bonds is 5. The predicted octanol–water partition coefficient (Wildman–Crippen LogP) is 1.69. The first-order valence-electron chi connectivity index (χ1n) is 5.63. The largest absolute Gasteiger partial charge is 0.461 e. The molecule has 108 valence electrons. The molecular weight excluding hydrogens is 294 g/mol. The van der Waals surface area contributed by atoms with Crippen LogP contribution < -0.4 is 10.7 Å². The Labute approximate surface area is 117 Å². The van der Waals surface area contributed by atoms with Gasteiger partial charge in [-0.3, -0.25) is 0 Å². The molecule has 0 aliphatic carbocycles. The van der Waals surface area contributed by atoms with Crippen LogP contribution in [0.1, 0.15) is 5.56 Å². The fraction of sp³-hybridized carbons (Fsp3) is 0.364. The molecule has 0 bridgehead atoms. The third-order valence-electron chi connectivity index (χ3n) is 2.49. The quantitative estimate of drug-likeness (QED) is 0.787. The molecule has 0 amide bonds. The van der Waals surface area contributed by atoms with E-state index in [4.69, 9.17) is 11.6 Å². The first-order valence-corrected chi connectivity index (χ1v) is 6.01. The highest BCUT2D eigenvalue weighted by atomic mass is 35.5. The molecule has 0 aliphatic heterocycles. The summed E-state index contributed by atoms with van der Waals surface area (Å²) in [5, 5.41) is 0.308. The van der Waals surface area contributed by atoms with Gasteiger partial charge in [-0.2, -0.15) is 4.74 Å². The number of pyridine rings is 1. The van der Waals surface area contributed by atoms with Crippen molar-refractivity contribution < 1.29 is 13.3 Å². The molecule has 0 saturated heterocycles. The molecule has 0 aromatic carbocycles. The Bertz CT molecular complexity index is 626. The Hall–Kier alpha value is -1.96. The van der Waals surface area contributed by atoms with Crippen LogP contribution >= 0.6 is 11.6 Å². The molecule has 2 aromatic heterocycles. The minimum Gasteiger partial charge on any atom is -0.330 e. The van der Waals surface area contributed by atoms with Crippen molar-refractivity contribution in [3.63, 3.8) is 0 Å². The Kier molecular flexibility index (Phi) is 4.33. The lowest BCUT2D eigenvalue weighted by molar-refractivity contribution is 0.153. The third-order valence-corrected chi connectivity index (χ3v) is 2.71. The number of aryl methyl sites for hydroxylation is 1. The molecule has 2 aromatic rings. The van der Waals surface area contributed by atoms with Gasteiger partial charge in [0.15, 0.2) is 0 Å². The van der Waals surface area contributed by atoms with Crippen molar-refractivity contribution >= 4 is 17.5 Å². The summed E-state index contributed by atoms with van der Waals surface area (Å²) in [7, 11) is 1.42. The summed E-state index contributed by atoms with van der Waals surface area (Å²) in [6.45, 7) is -0.475. The molecular formula is C11H11ClF2N4O2. The molecule has 2 rings (SSSR count). The zero-order valence-electron chi connectivity index (χ0n) is 10.5. The molecule has 0 N–H and O–H groups in total. The second-order valence-electron chi connectivity index (χ2n) is 4.03. The first-order chi connectivity index (χ1) is 9.45. The van der Waals surface area contributed by atoms with Gasteiger partial charge in [-0.1, -0.05) is 17.7 Å². The van der Waals surface area contributed by atoms with Gasteiger partial charge in [0.05, 0.1) is 6.54 Å². The van der Waals surface area contributed by atoms with Crippen LogP contribution in [0.5, 0.6) is 0 Å². The number of nitrogens with zero attached hydrogens (tertiary/aromatic N) is 4. The molecule has 0 atom stereocenters. The molecule has 20 heavy (non-hydrogen) atoms. The zero-order chi connectivity index (χ0) is 14.7. The Morgan fingerprint density at radius 3 is 2.75 bits per heavy atom. The van der Waals surface area contributed by atoms with Gasteiger partial charge in [-0.25, -0.2) is 18.6 Å². The van der Waals surface area contributed by atoms with Gasteiger partial charge < -0.3 is 9.42 Å². The number of halogens is 3. The summed E-state index contributed by atoms with van der Waals surface area (Å²) in [6.07, 6.45) is -1.11. The van der Waals surface area contributed by atoms with E-state index in [1.165, 1.54) is 18.1 Å². The molecule has 6 nitrogen and oxygen atoms in total. The summed E-state index contributed by atoms with van der Waals surface area (Å²) < 4.78 is 31.0. The van der Waals surface area contributed by atoms with Gasteiger partial charge in [-0.15, -0.1) is 4.98 Å². The van der Waals surface area contributed by atoms with Crippen molar-refractivity contribution in [2.45, 2.75) is 13.0 Å². The lowest BCUT2D eigenvalue weighted by Gasteiger charge is -2.21. The summed E-state index contributed by atoms with van der Waals surface area (Å²) in [6, 6.07) is 3.21. The monoisotopic (exact) mass is 304 g/mol. The van der Waals surface area contributed by atoms with Crippen LogP contribution in [0.4, 0.5) is 14.7 Å². The van der Waals surface area contributed by atoms with Gasteiger partial charge in [0, 0.05) is 19.8 Å². The fourth-order valence-electron chi connectivity index (χ4n) is 1.70. The van der Waals surface area contributed by atoms with Crippen LogP contribution in [0.2, 0.25) is 5.15 Å². The normalized spacial score (nSPS) is 11.1. The van der Waals surface area contributed by atoms with Crippen LogP contribution in [0.15, 0.2) is 27.6 Å². The predicted molar refractivity (Wildman–Crippen MR) is 68.0 cm³/mol. The molecule has 0 spiro atoms. The van der Waals surface area contributed by atoms with Gasteiger partial charge >= 0.3 is 5.76 Å². The van der Waals surface area contributed by atoms with Crippen LogP contribution in [0, 0.1) is 0 Å². The Balaban J connectivity index is 2.26. The van der Waals surface area contributed by atoms with Gasteiger partial charge in [-0.05, 0) is 11.6 Å². The standard InChI is InChI=1S/C11H11ClF2N4O2/c1-17-10(16-11(19)20-17)18(6-9(13)14)5-7-2-3-8(12)15-4-7/h2-4,9H,5-6H2,1H3. The zero-order valence-corrected chi connectivity index (χ0v) is 11.2. The number of hydrogen-bond acceptors (Lipinski definition) is 5. The fourth-order valence-corrected chi connectivity index (χ4v) is 1.82. The van der Waals surface area contributed by atoms with E-state index in [1.807, 2.05) is 0 Å². The highest BCUT2D eigenvalue weighted by molar-refractivity contribution is 6.29. The average Bonchev–Trinajstić information content (AvgIpc) is 2.70. The highest BCUT2D eigenvalue weighted by Crippen LogP contribution is 2.15. The highest BCUT2D eigenvalue weighted by Gasteiger charge is 2.19. The molecule has 0 unspecified atom stereocenters. The first kappa shape index (κ1) is 14.4. The van der Waals surface area contributed by atoms with E-state index in [2.05, 4.69) is 14.5 Å². The topological polar surface area (TPSA) is 64.2 Å². The van der Waals surface area contributed by atoms with Gasteiger partial charge in [0.1, 0.15) is 5.15 Å². The van der Waals surface area contributed by atoms with Crippen molar-refractivity contribution in [1.82, 2.24) is 14.7 Å². The van der Waals surface area contributed by atoms with Crippen LogP contribution in [-0.2, 0) is 13.6 Å². The summed E-state index contributed by atoms with van der Waals surface area (Å²) in [5.74, 6) is -0.804. The van der Waals surface area contributed by atoms with E-state index in [0.29, 0.717) is 10.7 Å². The minimum atomic E-state index is -2.58. The number of alkyl halides is 2. The maximum absolute atomic E-state index is 12.7. The van der Waals surface area contributed by atoms with E-state index >= 15 is 0 Å². The smallest absolute Gasteiger partial charge is 0.330 e. The maximum atomic E-state index is 12.7. The van der Waals surface area contributed by atoms with Crippen molar-refractivity contribution in [3.8, 4) is 0 Å². The summed E-state index contributed by atoms with van der Waals surface area (Å²) >= 11 is 5.66. The lowest BCUT2D eigenvalue weighted by atomic mass is 10.2. The van der Waals surface area contributed by atoms with E-state index in [0.717, 1.165) is 4.74 Å². The number of anilines is 1. The number of aromatic nitrogens is 3. The van der Waals surface area contributed by atoms with Crippen molar-refractivity contribution in [2.75, 3.05) is 11.4 Å². The molecule has 0 saturated carbocycles. The molecule has 9 heteroatoms. The van der Waals surface area contributed by atoms with E-state index in [-0.39, 0.29) is 12.5 Å². The van der Waals surface area contributed by atoms with Gasteiger partial charge in [0.25, 0.3) is 6.43 Å². The van der Waals surface area contributed by atoms with E-state index < -0.39 is 18.7 Å². The van der Waals surface area contributed by atoms with Crippen LogP contribution in [0.25, 0.3) is 0 Å². The Morgan fingerprint density at radius 1 is 1.50 bits per heavy atom. The average molecular weight is 305 g/mol. The Morgan fingerprint density at radius 2 is 2.25 bits per heavy atom. The van der Waals surface area contributed by atoms with Crippen molar-refractivity contribution in [1.29, 1.82) is 0 Å². The SMILES string of the molecule is Cn1oc(=O)nc1N(Cc1ccc(Cl)nc1)CC(F)F. The lowest BCUT2D eigenvalue weighted by Crippen LogP contribution is -2.30.